The summed E-state index contributed by atoms with van der Waals surface area (Å²) in [6, 6.07) is 6.87. The molecule has 2 amide bonds. The molecule has 0 spiro atoms. The van der Waals surface area contributed by atoms with Crippen LogP contribution in [0.5, 0.6) is 0 Å². The highest BCUT2D eigenvalue weighted by Crippen LogP contribution is 2.28. The van der Waals surface area contributed by atoms with Gasteiger partial charge in [-0.15, -0.1) is 0 Å². The minimum atomic E-state index is -1.09. The van der Waals surface area contributed by atoms with Gasteiger partial charge in [0.2, 0.25) is 11.8 Å². The smallest absolute Gasteiger partial charge is 0.325 e. The molecule has 7 nitrogen and oxygen atoms in total. The van der Waals surface area contributed by atoms with Gasteiger partial charge in [0.15, 0.2) is 0 Å². The number of benzene rings is 1. The first-order valence-electron chi connectivity index (χ1n) is 8.64. The van der Waals surface area contributed by atoms with Crippen LogP contribution in [0.4, 0.5) is 11.4 Å². The van der Waals surface area contributed by atoms with Crippen molar-refractivity contribution in [1.29, 1.82) is 0 Å². The maximum absolute atomic E-state index is 12.3. The summed E-state index contributed by atoms with van der Waals surface area (Å²) in [7, 11) is 0. The number of carbonyl (C=O) groups excluding carboxylic acids is 2. The van der Waals surface area contributed by atoms with Crippen molar-refractivity contribution in [2.45, 2.75) is 32.2 Å². The van der Waals surface area contributed by atoms with E-state index in [9.17, 15) is 14.4 Å². The number of carbonyl (C=O) groups is 3. The van der Waals surface area contributed by atoms with E-state index in [1.807, 2.05) is 24.3 Å². The summed E-state index contributed by atoms with van der Waals surface area (Å²) < 4.78 is 0. The van der Waals surface area contributed by atoms with Gasteiger partial charge in [-0.05, 0) is 44.0 Å². The van der Waals surface area contributed by atoms with Crippen LogP contribution < -0.4 is 15.1 Å². The average Bonchev–Trinajstić information content (AvgIpc) is 3.24. The van der Waals surface area contributed by atoms with Gasteiger partial charge in [0.1, 0.15) is 6.04 Å². The van der Waals surface area contributed by atoms with Crippen LogP contribution in [-0.4, -0.2) is 48.6 Å². The van der Waals surface area contributed by atoms with Crippen LogP contribution in [0.1, 0.15) is 26.2 Å². The summed E-state index contributed by atoms with van der Waals surface area (Å²) in [5.41, 5.74) is 1.92. The van der Waals surface area contributed by atoms with E-state index in [-0.39, 0.29) is 24.8 Å². The number of carboxylic acid groups (broad SMARTS) is 1. The highest BCUT2D eigenvalue weighted by atomic mass is 16.4. The van der Waals surface area contributed by atoms with Crippen LogP contribution in [0.3, 0.4) is 0 Å². The molecule has 3 rings (SSSR count). The maximum Gasteiger partial charge on any atom is 0.325 e. The van der Waals surface area contributed by atoms with Crippen molar-refractivity contribution in [2.75, 3.05) is 29.4 Å². The maximum atomic E-state index is 12.3. The number of hydrogen-bond acceptors (Lipinski definition) is 4. The molecule has 0 saturated carbocycles. The van der Waals surface area contributed by atoms with Crippen molar-refractivity contribution in [1.82, 2.24) is 5.32 Å². The summed E-state index contributed by atoms with van der Waals surface area (Å²) in [6.07, 6.45) is 2.52. The molecule has 2 fully saturated rings. The molecule has 2 atom stereocenters. The molecule has 134 valence electrons. The standard InChI is InChI=1S/C18H23N3O4/c1-12(18(24)25)19-17(23)13-10-16(22)21(11-13)15-6-4-14(5-7-15)20-8-2-3-9-20/h4-7,12-13H,2-3,8-11H2,1H3,(H,19,23)(H,24,25). The zero-order chi connectivity index (χ0) is 18.0. The van der Waals surface area contributed by atoms with Gasteiger partial charge in [-0.25, -0.2) is 0 Å². The van der Waals surface area contributed by atoms with Crippen molar-refractivity contribution < 1.29 is 19.5 Å². The van der Waals surface area contributed by atoms with Crippen molar-refractivity contribution in [2.24, 2.45) is 5.92 Å². The Hall–Kier alpha value is -2.57. The first-order chi connectivity index (χ1) is 12.0. The zero-order valence-electron chi connectivity index (χ0n) is 14.3. The van der Waals surface area contributed by atoms with Crippen molar-refractivity contribution >= 4 is 29.2 Å². The molecular formula is C18H23N3O4. The third-order valence-corrected chi connectivity index (χ3v) is 4.86. The predicted octanol–water partition coefficient (Wildman–Crippen LogP) is 1.23. The molecule has 2 N–H and O–H groups in total. The van der Waals surface area contributed by atoms with Crippen molar-refractivity contribution in [3.63, 3.8) is 0 Å². The van der Waals surface area contributed by atoms with Gasteiger partial charge in [-0.3, -0.25) is 14.4 Å². The number of anilines is 2. The SMILES string of the molecule is CC(NC(=O)C1CC(=O)N(c2ccc(N3CCCC3)cc2)C1)C(=O)O. The molecular weight excluding hydrogens is 322 g/mol. The molecule has 0 bridgehead atoms. The van der Waals surface area contributed by atoms with E-state index in [4.69, 9.17) is 5.11 Å². The molecule has 2 aliphatic heterocycles. The third-order valence-electron chi connectivity index (χ3n) is 4.86. The molecule has 25 heavy (non-hydrogen) atoms. The Labute approximate surface area is 146 Å². The molecule has 2 saturated heterocycles. The Bertz CT molecular complexity index is 667. The lowest BCUT2D eigenvalue weighted by Gasteiger charge is -2.21. The highest BCUT2D eigenvalue weighted by molar-refractivity contribution is 6.00. The molecule has 1 aromatic rings. The van der Waals surface area contributed by atoms with Crippen LogP contribution in [0.2, 0.25) is 0 Å². The second kappa shape index (κ2) is 7.13. The molecule has 2 unspecified atom stereocenters. The number of aliphatic carboxylic acids is 1. The van der Waals surface area contributed by atoms with E-state index >= 15 is 0 Å². The first-order valence-corrected chi connectivity index (χ1v) is 8.64. The number of nitrogens with zero attached hydrogens (tertiary/aromatic N) is 2. The van der Waals surface area contributed by atoms with Crippen molar-refractivity contribution in [3.8, 4) is 0 Å². The predicted molar refractivity (Wildman–Crippen MR) is 93.6 cm³/mol. The fraction of sp³-hybridized carbons (Fsp3) is 0.500. The number of amides is 2. The zero-order valence-corrected chi connectivity index (χ0v) is 14.3. The van der Waals surface area contributed by atoms with Gasteiger partial charge in [0, 0.05) is 37.4 Å². The fourth-order valence-electron chi connectivity index (χ4n) is 3.34. The minimum absolute atomic E-state index is 0.103. The van der Waals surface area contributed by atoms with Gasteiger partial charge in [0.25, 0.3) is 0 Å². The Morgan fingerprint density at radius 3 is 2.36 bits per heavy atom. The third kappa shape index (κ3) is 3.75. The van der Waals surface area contributed by atoms with Crippen LogP contribution in [0, 0.1) is 5.92 Å². The monoisotopic (exact) mass is 345 g/mol. The average molecular weight is 345 g/mol. The number of rotatable bonds is 5. The van der Waals surface area contributed by atoms with Crippen LogP contribution in [-0.2, 0) is 14.4 Å². The lowest BCUT2D eigenvalue weighted by Crippen LogP contribution is -2.42. The Morgan fingerprint density at radius 2 is 1.76 bits per heavy atom. The number of carboxylic acids is 1. The Balaban J connectivity index is 1.64. The van der Waals surface area contributed by atoms with E-state index in [0.29, 0.717) is 0 Å². The molecule has 2 aliphatic rings. The van der Waals surface area contributed by atoms with E-state index in [1.165, 1.54) is 19.8 Å². The number of nitrogens with one attached hydrogen (secondary N) is 1. The van der Waals surface area contributed by atoms with Gasteiger partial charge < -0.3 is 20.2 Å². The Kier molecular flexibility index (Phi) is 4.92. The second-order valence-corrected chi connectivity index (χ2v) is 6.68. The Morgan fingerprint density at radius 1 is 1.16 bits per heavy atom. The summed E-state index contributed by atoms with van der Waals surface area (Å²) in [6.45, 7) is 3.81. The van der Waals surface area contributed by atoms with E-state index in [2.05, 4.69) is 10.2 Å². The first kappa shape index (κ1) is 17.3. The molecule has 2 heterocycles. The number of hydrogen-bond donors (Lipinski definition) is 2. The summed E-state index contributed by atoms with van der Waals surface area (Å²) in [4.78, 5) is 39.2. The topological polar surface area (TPSA) is 90.0 Å². The van der Waals surface area contributed by atoms with Crippen molar-refractivity contribution in [3.05, 3.63) is 24.3 Å². The normalized spacial score (nSPS) is 21.5. The molecule has 0 aliphatic carbocycles. The van der Waals surface area contributed by atoms with Crippen LogP contribution in [0.25, 0.3) is 0 Å². The second-order valence-electron chi connectivity index (χ2n) is 6.68. The summed E-state index contributed by atoms with van der Waals surface area (Å²) in [5, 5.41) is 11.3. The fourth-order valence-corrected chi connectivity index (χ4v) is 3.34. The largest absolute Gasteiger partial charge is 0.480 e. The van der Waals surface area contributed by atoms with Gasteiger partial charge in [0.05, 0.1) is 5.92 Å². The van der Waals surface area contributed by atoms with Gasteiger partial charge >= 0.3 is 5.97 Å². The van der Waals surface area contributed by atoms with Gasteiger partial charge in [-0.2, -0.15) is 0 Å². The quantitative estimate of drug-likeness (QED) is 0.838. The lowest BCUT2D eigenvalue weighted by molar-refractivity contribution is -0.141. The summed E-state index contributed by atoms with van der Waals surface area (Å²) in [5.74, 6) is -2.11. The molecule has 0 radical (unpaired) electrons. The van der Waals surface area contributed by atoms with Gasteiger partial charge in [-0.1, -0.05) is 0 Å². The van der Waals surface area contributed by atoms with E-state index in [0.717, 1.165) is 24.5 Å². The minimum Gasteiger partial charge on any atom is -0.480 e. The summed E-state index contributed by atoms with van der Waals surface area (Å²) >= 11 is 0. The van der Waals surface area contributed by atoms with E-state index in [1.54, 1.807) is 4.90 Å². The molecule has 7 heteroatoms. The van der Waals surface area contributed by atoms with E-state index < -0.39 is 17.9 Å². The molecule has 1 aromatic carbocycles. The van der Waals surface area contributed by atoms with Crippen LogP contribution in [0.15, 0.2) is 24.3 Å². The highest BCUT2D eigenvalue weighted by Gasteiger charge is 2.36. The lowest BCUT2D eigenvalue weighted by atomic mass is 10.1. The molecule has 0 aromatic heterocycles. The van der Waals surface area contributed by atoms with Crippen LogP contribution >= 0.6 is 0 Å².